The molecule has 0 aliphatic rings. The van der Waals surface area contributed by atoms with Gasteiger partial charge in [-0.3, -0.25) is 0 Å². The molecule has 1 N–H and O–H groups in total. The second-order valence-electron chi connectivity index (χ2n) is 2.84. The van der Waals surface area contributed by atoms with Gasteiger partial charge in [0.1, 0.15) is 6.54 Å². The molecule has 1 aromatic heterocycles. The van der Waals surface area contributed by atoms with Crippen molar-refractivity contribution in [2.24, 2.45) is 0 Å². The summed E-state index contributed by atoms with van der Waals surface area (Å²) >= 11 is 0. The van der Waals surface area contributed by atoms with Gasteiger partial charge >= 0.3 is 0 Å². The number of pyridine rings is 1. The van der Waals surface area contributed by atoms with Gasteiger partial charge in [-0.25, -0.2) is 4.57 Å². The summed E-state index contributed by atoms with van der Waals surface area (Å²) < 4.78 is 2.15. The van der Waals surface area contributed by atoms with Crippen molar-refractivity contribution in [1.29, 1.82) is 0 Å². The Labute approximate surface area is 74.2 Å². The largest absolute Gasteiger partial charge is 0.385 e. The van der Waals surface area contributed by atoms with Gasteiger partial charge in [0, 0.05) is 24.4 Å². The number of anilines is 1. The molecule has 0 saturated heterocycles. The van der Waals surface area contributed by atoms with Crippen LogP contribution in [0.15, 0.2) is 24.5 Å². The first-order valence-electron chi connectivity index (χ1n) is 4.59. The quantitative estimate of drug-likeness (QED) is 0.673. The van der Waals surface area contributed by atoms with Gasteiger partial charge in [-0.2, -0.15) is 0 Å². The fraction of sp³-hybridized carbons (Fsp3) is 0.500. The molecule has 1 heterocycles. The van der Waals surface area contributed by atoms with Gasteiger partial charge in [0.15, 0.2) is 12.4 Å². The Morgan fingerprint density at radius 1 is 1.25 bits per heavy atom. The van der Waals surface area contributed by atoms with Crippen molar-refractivity contribution < 1.29 is 4.57 Å². The SMILES string of the molecule is CCCNc1cc[n+](CC)cc1. The lowest BCUT2D eigenvalue weighted by Crippen LogP contribution is -2.30. The van der Waals surface area contributed by atoms with Crippen molar-refractivity contribution in [3.63, 3.8) is 0 Å². The number of rotatable bonds is 4. The maximum atomic E-state index is 3.33. The molecule has 0 aliphatic carbocycles. The molecule has 0 radical (unpaired) electrons. The van der Waals surface area contributed by atoms with E-state index >= 15 is 0 Å². The number of hydrogen-bond donors (Lipinski definition) is 1. The molecule has 1 aromatic rings. The van der Waals surface area contributed by atoms with E-state index < -0.39 is 0 Å². The van der Waals surface area contributed by atoms with Gasteiger partial charge in [0.2, 0.25) is 0 Å². The lowest BCUT2D eigenvalue weighted by Gasteiger charge is -2.01. The molecule has 0 spiro atoms. The van der Waals surface area contributed by atoms with Crippen molar-refractivity contribution in [1.82, 2.24) is 0 Å². The molecule has 0 atom stereocenters. The second kappa shape index (κ2) is 4.75. The molecule has 1 rings (SSSR count). The normalized spacial score (nSPS) is 9.83. The molecule has 2 heteroatoms. The Hall–Kier alpha value is -1.05. The molecule has 0 saturated carbocycles. The summed E-state index contributed by atoms with van der Waals surface area (Å²) in [6, 6.07) is 4.22. The Balaban J connectivity index is 2.53. The van der Waals surface area contributed by atoms with Crippen LogP contribution < -0.4 is 9.88 Å². The number of hydrogen-bond acceptors (Lipinski definition) is 1. The van der Waals surface area contributed by atoms with Crippen LogP contribution in [0.1, 0.15) is 20.3 Å². The summed E-state index contributed by atoms with van der Waals surface area (Å²) in [5.74, 6) is 0. The van der Waals surface area contributed by atoms with E-state index in [1.54, 1.807) is 0 Å². The van der Waals surface area contributed by atoms with E-state index in [-0.39, 0.29) is 0 Å². The van der Waals surface area contributed by atoms with Crippen LogP contribution in [0.4, 0.5) is 5.69 Å². The summed E-state index contributed by atoms with van der Waals surface area (Å²) in [4.78, 5) is 0. The van der Waals surface area contributed by atoms with Crippen molar-refractivity contribution >= 4 is 5.69 Å². The number of aromatic nitrogens is 1. The van der Waals surface area contributed by atoms with Crippen LogP contribution >= 0.6 is 0 Å². The predicted octanol–water partition coefficient (Wildman–Crippen LogP) is 1.82. The summed E-state index contributed by atoms with van der Waals surface area (Å²) in [5, 5.41) is 3.33. The highest BCUT2D eigenvalue weighted by molar-refractivity contribution is 5.39. The van der Waals surface area contributed by atoms with Crippen LogP contribution in [0.5, 0.6) is 0 Å². The smallest absolute Gasteiger partial charge is 0.170 e. The fourth-order valence-electron chi connectivity index (χ4n) is 1.06. The third-order valence-corrected chi connectivity index (χ3v) is 1.84. The standard InChI is InChI=1S/C10H16N2/c1-3-7-11-10-5-8-12(4-2)9-6-10/h5-6,8-9H,3-4,7H2,1-2H3/p+1. The Kier molecular flexibility index (Phi) is 3.58. The third-order valence-electron chi connectivity index (χ3n) is 1.84. The van der Waals surface area contributed by atoms with Crippen molar-refractivity contribution in [2.75, 3.05) is 11.9 Å². The summed E-state index contributed by atoms with van der Waals surface area (Å²) in [6.45, 7) is 6.39. The monoisotopic (exact) mass is 165 g/mol. The number of aryl methyl sites for hydroxylation is 1. The molecule has 0 aliphatic heterocycles. The van der Waals surface area contributed by atoms with Crippen LogP contribution in [0.3, 0.4) is 0 Å². The van der Waals surface area contributed by atoms with Crippen LogP contribution in [-0.4, -0.2) is 6.54 Å². The Morgan fingerprint density at radius 2 is 1.92 bits per heavy atom. The van der Waals surface area contributed by atoms with Gasteiger partial charge in [0.25, 0.3) is 0 Å². The molecular formula is C10H17N2+. The summed E-state index contributed by atoms with van der Waals surface area (Å²) in [7, 11) is 0. The lowest BCUT2D eigenvalue weighted by atomic mass is 10.4. The zero-order chi connectivity index (χ0) is 8.81. The minimum atomic E-state index is 1.04. The topological polar surface area (TPSA) is 15.9 Å². The maximum absolute atomic E-state index is 3.33. The summed E-state index contributed by atoms with van der Waals surface area (Å²) in [6.07, 6.45) is 5.36. The number of nitrogens with one attached hydrogen (secondary N) is 1. The first-order chi connectivity index (χ1) is 5.86. The van der Waals surface area contributed by atoms with Crippen molar-refractivity contribution in [3.05, 3.63) is 24.5 Å². The average Bonchev–Trinajstić information content (AvgIpc) is 2.15. The fourth-order valence-corrected chi connectivity index (χ4v) is 1.06. The molecule has 0 unspecified atom stereocenters. The highest BCUT2D eigenvalue weighted by atomic mass is 14.9. The molecule has 2 nitrogen and oxygen atoms in total. The molecule has 0 amide bonds. The lowest BCUT2D eigenvalue weighted by molar-refractivity contribution is -0.693. The van der Waals surface area contributed by atoms with Crippen LogP contribution in [0, 0.1) is 0 Å². The van der Waals surface area contributed by atoms with E-state index in [2.05, 4.69) is 48.3 Å². The maximum Gasteiger partial charge on any atom is 0.170 e. The highest BCUT2D eigenvalue weighted by Gasteiger charge is 1.95. The van der Waals surface area contributed by atoms with Crippen LogP contribution in [0.25, 0.3) is 0 Å². The van der Waals surface area contributed by atoms with Crippen LogP contribution in [-0.2, 0) is 6.54 Å². The second-order valence-corrected chi connectivity index (χ2v) is 2.84. The minimum Gasteiger partial charge on any atom is -0.385 e. The Morgan fingerprint density at radius 3 is 2.42 bits per heavy atom. The average molecular weight is 165 g/mol. The predicted molar refractivity (Wildman–Crippen MR) is 51.1 cm³/mol. The first-order valence-corrected chi connectivity index (χ1v) is 4.59. The highest BCUT2D eigenvalue weighted by Crippen LogP contribution is 2.01. The molecule has 0 aromatic carbocycles. The zero-order valence-corrected chi connectivity index (χ0v) is 7.88. The van der Waals surface area contributed by atoms with E-state index in [1.165, 1.54) is 12.1 Å². The molecule has 12 heavy (non-hydrogen) atoms. The number of nitrogens with zero attached hydrogens (tertiary/aromatic N) is 1. The minimum absolute atomic E-state index is 1.04. The third kappa shape index (κ3) is 2.53. The molecule has 66 valence electrons. The van der Waals surface area contributed by atoms with Crippen LogP contribution in [0.2, 0.25) is 0 Å². The van der Waals surface area contributed by atoms with Gasteiger partial charge < -0.3 is 5.32 Å². The van der Waals surface area contributed by atoms with E-state index in [9.17, 15) is 0 Å². The van der Waals surface area contributed by atoms with E-state index in [4.69, 9.17) is 0 Å². The van der Waals surface area contributed by atoms with Gasteiger partial charge in [-0.1, -0.05) is 6.92 Å². The van der Waals surface area contributed by atoms with Gasteiger partial charge in [-0.05, 0) is 13.3 Å². The Bertz CT molecular complexity index is 216. The van der Waals surface area contributed by atoms with E-state index in [1.807, 2.05) is 0 Å². The zero-order valence-electron chi connectivity index (χ0n) is 7.88. The van der Waals surface area contributed by atoms with Gasteiger partial charge in [-0.15, -0.1) is 0 Å². The van der Waals surface area contributed by atoms with Gasteiger partial charge in [0.05, 0.1) is 0 Å². The molecule has 0 fully saturated rings. The molecular weight excluding hydrogens is 148 g/mol. The first kappa shape index (κ1) is 9.04. The van der Waals surface area contributed by atoms with Crippen molar-refractivity contribution in [3.8, 4) is 0 Å². The van der Waals surface area contributed by atoms with Crippen molar-refractivity contribution in [2.45, 2.75) is 26.8 Å². The van der Waals surface area contributed by atoms with E-state index in [0.29, 0.717) is 0 Å². The molecule has 0 bridgehead atoms. The summed E-state index contributed by atoms with van der Waals surface area (Å²) in [5.41, 5.74) is 1.21. The van der Waals surface area contributed by atoms with E-state index in [0.717, 1.165) is 13.1 Å².